The molecular weight excluding hydrogens is 542 g/mol. The van der Waals surface area contributed by atoms with Crippen molar-refractivity contribution in [2.75, 3.05) is 18.1 Å². The van der Waals surface area contributed by atoms with E-state index in [0.29, 0.717) is 24.2 Å². The van der Waals surface area contributed by atoms with E-state index in [4.69, 9.17) is 4.74 Å². The van der Waals surface area contributed by atoms with Crippen LogP contribution in [-0.2, 0) is 20.7 Å². The van der Waals surface area contributed by atoms with Gasteiger partial charge in [0, 0.05) is 29.2 Å². The summed E-state index contributed by atoms with van der Waals surface area (Å²) in [5, 5.41) is 4.35. The third-order valence-electron chi connectivity index (χ3n) is 7.62. The van der Waals surface area contributed by atoms with Gasteiger partial charge in [0.05, 0.1) is 23.7 Å². The van der Waals surface area contributed by atoms with Crippen molar-refractivity contribution in [2.24, 2.45) is 0 Å². The van der Waals surface area contributed by atoms with E-state index in [1.807, 2.05) is 66.9 Å². The molecule has 8 heteroatoms. The number of carbonyl (C=O) groups is 4. The second kappa shape index (κ2) is 12.3. The van der Waals surface area contributed by atoms with Crippen LogP contribution < -0.4 is 10.2 Å². The summed E-state index contributed by atoms with van der Waals surface area (Å²) in [6.45, 7) is 0.139. The number of hydrogen-bond donors (Lipinski definition) is 2. The van der Waals surface area contributed by atoms with Gasteiger partial charge in [0.25, 0.3) is 5.91 Å². The van der Waals surface area contributed by atoms with Gasteiger partial charge in [-0.2, -0.15) is 0 Å². The lowest BCUT2D eigenvalue weighted by atomic mass is 10.0. The summed E-state index contributed by atoms with van der Waals surface area (Å²) in [6.07, 6.45) is 2.73. The highest BCUT2D eigenvalue weighted by molar-refractivity contribution is 6.22. The molecule has 2 amide bonds. The number of aromatic amines is 1. The zero-order chi connectivity index (χ0) is 29.8. The van der Waals surface area contributed by atoms with Crippen molar-refractivity contribution in [3.63, 3.8) is 0 Å². The van der Waals surface area contributed by atoms with Crippen molar-refractivity contribution >= 4 is 40.2 Å². The second-order valence-electron chi connectivity index (χ2n) is 10.4. The molecule has 1 aliphatic rings. The van der Waals surface area contributed by atoms with E-state index in [-0.39, 0.29) is 29.6 Å². The number of hydrogen-bond acceptors (Lipinski definition) is 6. The minimum atomic E-state index is -0.670. The van der Waals surface area contributed by atoms with E-state index >= 15 is 0 Å². The number of amides is 2. The summed E-state index contributed by atoms with van der Waals surface area (Å²) in [6, 6.07) is 30.4. The van der Waals surface area contributed by atoms with Gasteiger partial charge in [-0.15, -0.1) is 0 Å². The number of aromatic nitrogens is 1. The fourth-order valence-electron chi connectivity index (χ4n) is 5.31. The molecule has 0 aliphatic carbocycles. The molecule has 1 unspecified atom stereocenters. The molecule has 0 spiro atoms. The molecule has 1 aromatic heterocycles. The van der Waals surface area contributed by atoms with Gasteiger partial charge in [0.2, 0.25) is 5.91 Å². The average molecular weight is 572 g/mol. The maximum absolute atomic E-state index is 13.1. The molecule has 0 radical (unpaired) electrons. The predicted octanol–water partition coefficient (Wildman–Crippen LogP) is 5.34. The fourth-order valence-corrected chi connectivity index (χ4v) is 5.31. The Morgan fingerprint density at radius 2 is 1.49 bits per heavy atom. The summed E-state index contributed by atoms with van der Waals surface area (Å²) in [4.78, 5) is 55.4. The summed E-state index contributed by atoms with van der Waals surface area (Å²) in [5.41, 5.74) is 5.26. The van der Waals surface area contributed by atoms with Crippen LogP contribution >= 0.6 is 0 Å². The number of imide groups is 1. The molecule has 1 saturated heterocycles. The number of para-hydroxylation sites is 1. The van der Waals surface area contributed by atoms with Gasteiger partial charge in [-0.05, 0) is 53.4 Å². The van der Waals surface area contributed by atoms with Crippen molar-refractivity contribution in [1.82, 2.24) is 10.3 Å². The van der Waals surface area contributed by atoms with E-state index in [0.717, 1.165) is 32.5 Å². The molecule has 2 N–H and O–H groups in total. The summed E-state index contributed by atoms with van der Waals surface area (Å²) >= 11 is 0. The highest BCUT2D eigenvalue weighted by atomic mass is 16.5. The number of ketones is 1. The maximum Gasteiger partial charge on any atom is 0.338 e. The number of H-pyrrole nitrogens is 1. The molecule has 8 nitrogen and oxygen atoms in total. The summed E-state index contributed by atoms with van der Waals surface area (Å²) in [5.74, 6) is -1.63. The molecule has 4 aromatic carbocycles. The Labute approximate surface area is 248 Å². The van der Waals surface area contributed by atoms with E-state index in [1.165, 1.54) is 24.3 Å². The number of ether oxygens (including phenoxy) is 1. The number of carbonyl (C=O) groups excluding carboxylic acids is 4. The van der Waals surface area contributed by atoms with Gasteiger partial charge in [0.1, 0.15) is 0 Å². The zero-order valence-electron chi connectivity index (χ0n) is 23.3. The molecular formula is C35H29N3O5. The van der Waals surface area contributed by atoms with Crippen molar-refractivity contribution in [3.8, 4) is 11.1 Å². The number of esters is 1. The van der Waals surface area contributed by atoms with Gasteiger partial charge in [-0.1, -0.05) is 72.8 Å². The third kappa shape index (κ3) is 6.00. The Bertz CT molecular complexity index is 1790. The quantitative estimate of drug-likeness (QED) is 0.133. The number of anilines is 1. The van der Waals surface area contributed by atoms with Crippen LogP contribution in [0.15, 0.2) is 109 Å². The minimum Gasteiger partial charge on any atom is -0.454 e. The Morgan fingerprint density at radius 3 is 2.26 bits per heavy atom. The topological polar surface area (TPSA) is 109 Å². The van der Waals surface area contributed by atoms with E-state index in [1.54, 1.807) is 12.1 Å². The normalized spacial score (nSPS) is 14.8. The summed E-state index contributed by atoms with van der Waals surface area (Å²) in [7, 11) is 0. The standard InChI is InChI=1S/C35H29N3O5/c39-32(25-12-10-24(11-13-25)23-6-2-1-3-7-23)22-43-35(42)26-14-16-28(17-15-26)38-33(40)20-31(34(38)41)36-19-18-27-21-37-30-9-5-4-8-29(27)30/h1-17,21,31,36-37H,18-20,22H2. The minimum absolute atomic E-state index is 0.0605. The number of benzene rings is 4. The van der Waals surface area contributed by atoms with E-state index < -0.39 is 18.6 Å². The van der Waals surface area contributed by atoms with E-state index in [2.05, 4.69) is 16.4 Å². The highest BCUT2D eigenvalue weighted by Crippen LogP contribution is 2.24. The van der Waals surface area contributed by atoms with Gasteiger partial charge in [-0.3, -0.25) is 14.4 Å². The lowest BCUT2D eigenvalue weighted by Crippen LogP contribution is -2.39. The lowest BCUT2D eigenvalue weighted by molar-refractivity contribution is -0.121. The Kier molecular flexibility index (Phi) is 7.93. The number of fused-ring (bicyclic) bond motifs is 1. The van der Waals surface area contributed by atoms with Crippen LogP contribution in [0.1, 0.15) is 32.7 Å². The Morgan fingerprint density at radius 1 is 0.814 bits per heavy atom. The molecule has 0 bridgehead atoms. The fraction of sp³-hybridized carbons (Fsp3) is 0.143. The van der Waals surface area contributed by atoms with Crippen molar-refractivity contribution < 1.29 is 23.9 Å². The molecule has 214 valence electrons. The first-order valence-electron chi connectivity index (χ1n) is 14.1. The van der Waals surface area contributed by atoms with Crippen molar-refractivity contribution in [1.29, 1.82) is 0 Å². The van der Waals surface area contributed by atoms with Crippen LogP contribution in [0.25, 0.3) is 22.0 Å². The Hall–Kier alpha value is -5.34. The van der Waals surface area contributed by atoms with Crippen LogP contribution in [0, 0.1) is 0 Å². The van der Waals surface area contributed by atoms with Gasteiger partial charge in [0.15, 0.2) is 12.4 Å². The zero-order valence-corrected chi connectivity index (χ0v) is 23.3. The first-order chi connectivity index (χ1) is 21.0. The second-order valence-corrected chi connectivity index (χ2v) is 10.4. The predicted molar refractivity (Wildman–Crippen MR) is 164 cm³/mol. The largest absolute Gasteiger partial charge is 0.454 e. The third-order valence-corrected chi connectivity index (χ3v) is 7.62. The van der Waals surface area contributed by atoms with Crippen LogP contribution in [0.5, 0.6) is 0 Å². The Balaban J connectivity index is 1.01. The van der Waals surface area contributed by atoms with Gasteiger partial charge < -0.3 is 15.0 Å². The average Bonchev–Trinajstić information content (AvgIpc) is 3.59. The van der Waals surface area contributed by atoms with Crippen molar-refractivity contribution in [3.05, 3.63) is 126 Å². The first-order valence-corrected chi connectivity index (χ1v) is 14.1. The molecule has 1 atom stereocenters. The van der Waals surface area contributed by atoms with Crippen LogP contribution in [0.3, 0.4) is 0 Å². The maximum atomic E-state index is 13.1. The molecule has 43 heavy (non-hydrogen) atoms. The SMILES string of the molecule is O=C(COC(=O)c1ccc(N2C(=O)CC(NCCc3c[nH]c4ccccc34)C2=O)cc1)c1ccc(-c2ccccc2)cc1. The molecule has 0 saturated carbocycles. The van der Waals surface area contributed by atoms with Gasteiger partial charge >= 0.3 is 5.97 Å². The molecule has 1 aliphatic heterocycles. The van der Waals surface area contributed by atoms with Crippen LogP contribution in [-0.4, -0.2) is 47.7 Å². The number of nitrogens with zero attached hydrogens (tertiary/aromatic N) is 1. The summed E-state index contributed by atoms with van der Waals surface area (Å²) < 4.78 is 5.24. The van der Waals surface area contributed by atoms with Crippen molar-refractivity contribution in [2.45, 2.75) is 18.9 Å². The molecule has 5 aromatic rings. The highest BCUT2D eigenvalue weighted by Gasteiger charge is 2.39. The lowest BCUT2D eigenvalue weighted by Gasteiger charge is -2.16. The van der Waals surface area contributed by atoms with Crippen LogP contribution in [0.2, 0.25) is 0 Å². The van der Waals surface area contributed by atoms with Gasteiger partial charge in [-0.25, -0.2) is 9.69 Å². The number of nitrogens with one attached hydrogen (secondary N) is 2. The number of rotatable bonds is 10. The van der Waals surface area contributed by atoms with Crippen LogP contribution in [0.4, 0.5) is 5.69 Å². The first kappa shape index (κ1) is 27.8. The molecule has 2 heterocycles. The smallest absolute Gasteiger partial charge is 0.338 e. The molecule has 1 fully saturated rings. The monoisotopic (exact) mass is 571 g/mol. The number of Topliss-reactive ketones (excluding diaryl/α,β-unsaturated/α-hetero) is 1. The van der Waals surface area contributed by atoms with E-state index in [9.17, 15) is 19.2 Å². The molecule has 6 rings (SSSR count).